The molecule has 3 aromatic carbocycles. The van der Waals surface area contributed by atoms with Crippen LogP contribution in [0.3, 0.4) is 0 Å². The SMILES string of the molecule is CCCCCCCN(CCCCCCC)CC(O)c1cc2ccccc2c2cc(Br)ccc12.Cl. The van der Waals surface area contributed by atoms with Crippen LogP contribution in [0.2, 0.25) is 0 Å². The number of nitrogens with zero attached hydrogens (tertiary/aromatic N) is 1. The van der Waals surface area contributed by atoms with Gasteiger partial charge in [0.05, 0.1) is 6.10 Å². The number of fused-ring (bicyclic) bond motifs is 3. The van der Waals surface area contributed by atoms with Crippen LogP contribution in [0.5, 0.6) is 0 Å². The second-order valence-electron chi connectivity index (χ2n) is 9.52. The summed E-state index contributed by atoms with van der Waals surface area (Å²) in [6.45, 7) is 7.43. The Morgan fingerprint density at radius 3 is 2.00 bits per heavy atom. The molecule has 1 atom stereocenters. The van der Waals surface area contributed by atoms with Crippen molar-refractivity contribution in [2.75, 3.05) is 19.6 Å². The lowest BCUT2D eigenvalue weighted by Gasteiger charge is -2.26. The molecule has 1 unspecified atom stereocenters. The Balaban J connectivity index is 0.00000408. The molecule has 0 saturated carbocycles. The standard InChI is InChI=1S/C30H42BrNO.ClH/c1-3-5-7-9-13-19-32(20-14-10-8-6-4-2)23-30(33)29-21-24-15-11-12-16-26(24)28-22-25(31)17-18-27(28)29;/h11-12,15-18,21-22,30,33H,3-10,13-14,19-20,23H2,1-2H3;1H. The lowest BCUT2D eigenvalue weighted by atomic mass is 9.94. The van der Waals surface area contributed by atoms with Crippen LogP contribution in [0.4, 0.5) is 0 Å². The normalized spacial score (nSPS) is 12.4. The maximum atomic E-state index is 11.4. The molecule has 0 aliphatic heterocycles. The minimum absolute atomic E-state index is 0. The third-order valence-electron chi connectivity index (χ3n) is 6.80. The van der Waals surface area contributed by atoms with Gasteiger partial charge in [-0.25, -0.2) is 0 Å². The van der Waals surface area contributed by atoms with E-state index < -0.39 is 6.10 Å². The number of benzene rings is 3. The number of aliphatic hydroxyl groups is 1. The Morgan fingerprint density at radius 1 is 0.735 bits per heavy atom. The fraction of sp³-hybridized carbons (Fsp3) is 0.533. The predicted octanol–water partition coefficient (Wildman–Crippen LogP) is 9.45. The highest BCUT2D eigenvalue weighted by Gasteiger charge is 2.17. The quantitative estimate of drug-likeness (QED) is 0.151. The molecular formula is C30H43BrClNO. The van der Waals surface area contributed by atoms with Gasteiger partial charge in [-0.05, 0) is 71.2 Å². The summed E-state index contributed by atoms with van der Waals surface area (Å²) >= 11 is 3.64. The Morgan fingerprint density at radius 2 is 1.35 bits per heavy atom. The van der Waals surface area contributed by atoms with Gasteiger partial charge in [-0.15, -0.1) is 12.4 Å². The molecule has 0 aliphatic rings. The average Bonchev–Trinajstić information content (AvgIpc) is 2.82. The van der Waals surface area contributed by atoms with E-state index in [1.807, 2.05) is 0 Å². The molecule has 4 heteroatoms. The fourth-order valence-electron chi connectivity index (χ4n) is 4.90. The predicted molar refractivity (Wildman–Crippen MR) is 155 cm³/mol. The van der Waals surface area contributed by atoms with E-state index in [0.29, 0.717) is 6.54 Å². The zero-order chi connectivity index (χ0) is 23.5. The third-order valence-corrected chi connectivity index (χ3v) is 7.29. The van der Waals surface area contributed by atoms with Crippen LogP contribution in [0, 0.1) is 0 Å². The van der Waals surface area contributed by atoms with Crippen LogP contribution in [0.15, 0.2) is 53.0 Å². The van der Waals surface area contributed by atoms with Gasteiger partial charge in [-0.1, -0.05) is 111 Å². The molecule has 0 heterocycles. The molecule has 34 heavy (non-hydrogen) atoms. The van der Waals surface area contributed by atoms with Crippen LogP contribution >= 0.6 is 28.3 Å². The topological polar surface area (TPSA) is 23.5 Å². The summed E-state index contributed by atoms with van der Waals surface area (Å²) in [5.74, 6) is 0. The summed E-state index contributed by atoms with van der Waals surface area (Å²) in [7, 11) is 0. The summed E-state index contributed by atoms with van der Waals surface area (Å²) in [6, 6.07) is 17.2. The highest BCUT2D eigenvalue weighted by Crippen LogP contribution is 2.34. The Bertz CT molecular complexity index is 978. The van der Waals surface area contributed by atoms with E-state index in [4.69, 9.17) is 0 Å². The Kier molecular flexibility index (Phi) is 13.5. The summed E-state index contributed by atoms with van der Waals surface area (Å²) in [5.41, 5.74) is 1.05. The van der Waals surface area contributed by atoms with Gasteiger partial charge in [0, 0.05) is 11.0 Å². The number of hydrogen-bond acceptors (Lipinski definition) is 2. The first kappa shape index (κ1) is 29.1. The van der Waals surface area contributed by atoms with Gasteiger partial charge in [-0.3, -0.25) is 0 Å². The van der Waals surface area contributed by atoms with Crippen molar-refractivity contribution < 1.29 is 5.11 Å². The van der Waals surface area contributed by atoms with Gasteiger partial charge in [0.25, 0.3) is 0 Å². The number of aliphatic hydroxyl groups excluding tert-OH is 1. The van der Waals surface area contributed by atoms with E-state index >= 15 is 0 Å². The van der Waals surface area contributed by atoms with Gasteiger partial charge in [0.1, 0.15) is 0 Å². The number of halogens is 2. The molecule has 3 aromatic rings. The van der Waals surface area contributed by atoms with Gasteiger partial charge in [-0.2, -0.15) is 0 Å². The molecule has 2 nitrogen and oxygen atoms in total. The summed E-state index contributed by atoms with van der Waals surface area (Å²) in [5, 5.41) is 16.3. The van der Waals surface area contributed by atoms with Crippen LogP contribution in [0.25, 0.3) is 21.5 Å². The van der Waals surface area contributed by atoms with Crippen molar-refractivity contribution in [3.05, 3.63) is 58.6 Å². The van der Waals surface area contributed by atoms with Crippen molar-refractivity contribution in [2.45, 2.75) is 84.2 Å². The molecule has 0 spiro atoms. The van der Waals surface area contributed by atoms with E-state index in [1.165, 1.54) is 80.4 Å². The van der Waals surface area contributed by atoms with E-state index in [1.54, 1.807) is 0 Å². The second-order valence-corrected chi connectivity index (χ2v) is 10.4. The molecule has 0 fully saturated rings. The van der Waals surface area contributed by atoms with Gasteiger partial charge < -0.3 is 10.0 Å². The first-order chi connectivity index (χ1) is 16.1. The first-order valence-corrected chi connectivity index (χ1v) is 13.9. The average molecular weight is 549 g/mol. The maximum absolute atomic E-state index is 11.4. The first-order valence-electron chi connectivity index (χ1n) is 13.1. The minimum Gasteiger partial charge on any atom is -0.387 e. The van der Waals surface area contributed by atoms with Crippen molar-refractivity contribution in [1.82, 2.24) is 4.90 Å². The summed E-state index contributed by atoms with van der Waals surface area (Å²) in [6.07, 6.45) is 12.4. The molecule has 0 bridgehead atoms. The highest BCUT2D eigenvalue weighted by atomic mass is 79.9. The molecule has 0 amide bonds. The number of unbranched alkanes of at least 4 members (excludes halogenated alkanes) is 8. The number of rotatable bonds is 15. The van der Waals surface area contributed by atoms with Crippen molar-refractivity contribution in [2.24, 2.45) is 0 Å². The van der Waals surface area contributed by atoms with E-state index in [0.717, 1.165) is 28.5 Å². The van der Waals surface area contributed by atoms with Crippen LogP contribution in [-0.4, -0.2) is 29.6 Å². The van der Waals surface area contributed by atoms with Crippen LogP contribution in [0.1, 0.15) is 89.7 Å². The lowest BCUT2D eigenvalue weighted by molar-refractivity contribution is 0.111. The second kappa shape index (κ2) is 15.8. The molecule has 1 N–H and O–H groups in total. The van der Waals surface area contributed by atoms with Gasteiger partial charge >= 0.3 is 0 Å². The van der Waals surface area contributed by atoms with Crippen molar-refractivity contribution in [3.8, 4) is 0 Å². The van der Waals surface area contributed by atoms with E-state index in [2.05, 4.69) is 83.2 Å². The maximum Gasteiger partial charge on any atom is 0.0923 e. The molecule has 3 rings (SSSR count). The zero-order valence-corrected chi connectivity index (χ0v) is 23.5. The zero-order valence-electron chi connectivity index (χ0n) is 21.1. The molecule has 0 aromatic heterocycles. The molecular weight excluding hydrogens is 506 g/mol. The van der Waals surface area contributed by atoms with E-state index in [-0.39, 0.29) is 12.4 Å². The lowest BCUT2D eigenvalue weighted by Crippen LogP contribution is -2.31. The summed E-state index contributed by atoms with van der Waals surface area (Å²) < 4.78 is 1.08. The summed E-state index contributed by atoms with van der Waals surface area (Å²) in [4.78, 5) is 2.52. The molecule has 0 radical (unpaired) electrons. The third kappa shape index (κ3) is 8.52. The van der Waals surface area contributed by atoms with Crippen molar-refractivity contribution in [3.63, 3.8) is 0 Å². The fourth-order valence-corrected chi connectivity index (χ4v) is 5.26. The number of hydrogen-bond donors (Lipinski definition) is 1. The van der Waals surface area contributed by atoms with Crippen molar-refractivity contribution >= 4 is 49.9 Å². The minimum atomic E-state index is -0.482. The molecule has 0 aliphatic carbocycles. The van der Waals surface area contributed by atoms with Crippen LogP contribution < -0.4 is 0 Å². The highest BCUT2D eigenvalue weighted by molar-refractivity contribution is 9.10. The molecule has 188 valence electrons. The monoisotopic (exact) mass is 547 g/mol. The van der Waals surface area contributed by atoms with Crippen molar-refractivity contribution in [1.29, 1.82) is 0 Å². The van der Waals surface area contributed by atoms with Crippen LogP contribution in [-0.2, 0) is 0 Å². The smallest absolute Gasteiger partial charge is 0.0923 e. The van der Waals surface area contributed by atoms with E-state index in [9.17, 15) is 5.11 Å². The largest absolute Gasteiger partial charge is 0.387 e. The van der Waals surface area contributed by atoms with Gasteiger partial charge in [0.2, 0.25) is 0 Å². The Hall–Kier alpha value is -1.13. The molecule has 0 saturated heterocycles. The van der Waals surface area contributed by atoms with Gasteiger partial charge in [0.15, 0.2) is 0 Å². The Labute approximate surface area is 221 Å².